The summed E-state index contributed by atoms with van der Waals surface area (Å²) >= 11 is 0. The Hall–Kier alpha value is -3.35. The topological polar surface area (TPSA) is 96.5 Å². The van der Waals surface area contributed by atoms with Crippen LogP contribution in [0.2, 0.25) is 0 Å². The first kappa shape index (κ1) is 20.0. The van der Waals surface area contributed by atoms with Gasteiger partial charge in [-0.25, -0.2) is 0 Å². The van der Waals surface area contributed by atoms with Gasteiger partial charge in [0.25, 0.3) is 17.7 Å². The molecule has 0 saturated carbocycles. The quantitative estimate of drug-likeness (QED) is 0.645. The van der Waals surface area contributed by atoms with Crippen molar-refractivity contribution >= 4 is 17.7 Å². The van der Waals surface area contributed by atoms with Gasteiger partial charge >= 0.3 is 0 Å². The van der Waals surface area contributed by atoms with Crippen LogP contribution in [-0.4, -0.2) is 30.9 Å². The van der Waals surface area contributed by atoms with Crippen molar-refractivity contribution in [3.05, 3.63) is 65.2 Å². The molecule has 7 heteroatoms. The van der Waals surface area contributed by atoms with Crippen molar-refractivity contribution < 1.29 is 19.1 Å². The Morgan fingerprint density at radius 2 is 1.52 bits per heavy atom. The first-order valence-electron chi connectivity index (χ1n) is 8.62. The minimum absolute atomic E-state index is 0.235. The lowest BCUT2D eigenvalue weighted by atomic mass is 10.1. The van der Waals surface area contributed by atoms with E-state index >= 15 is 0 Å². The number of amides is 3. The molecule has 2 aromatic rings. The van der Waals surface area contributed by atoms with Crippen LogP contribution in [0.3, 0.4) is 0 Å². The largest absolute Gasteiger partial charge is 0.484 e. The minimum atomic E-state index is -0.545. The van der Waals surface area contributed by atoms with Crippen LogP contribution in [-0.2, 0) is 16.0 Å². The molecule has 0 aliphatic carbocycles. The van der Waals surface area contributed by atoms with Crippen molar-refractivity contribution in [2.45, 2.75) is 20.3 Å². The summed E-state index contributed by atoms with van der Waals surface area (Å²) in [6, 6.07) is 14.4. The van der Waals surface area contributed by atoms with Gasteiger partial charge < -0.3 is 10.1 Å². The van der Waals surface area contributed by atoms with Gasteiger partial charge in [0.05, 0.1) is 6.54 Å². The fourth-order valence-corrected chi connectivity index (χ4v) is 2.16. The van der Waals surface area contributed by atoms with Crippen molar-refractivity contribution in [1.29, 1.82) is 0 Å². The molecule has 0 unspecified atom stereocenters. The highest BCUT2D eigenvalue weighted by atomic mass is 16.5. The molecule has 0 spiro atoms. The number of rotatable bonds is 7. The molecule has 2 rings (SSSR count). The van der Waals surface area contributed by atoms with Crippen molar-refractivity contribution in [1.82, 2.24) is 16.2 Å². The number of hydrogen-bond acceptors (Lipinski definition) is 4. The predicted molar refractivity (Wildman–Crippen MR) is 101 cm³/mol. The van der Waals surface area contributed by atoms with E-state index in [1.54, 1.807) is 24.3 Å². The fourth-order valence-electron chi connectivity index (χ4n) is 2.16. The molecule has 0 atom stereocenters. The van der Waals surface area contributed by atoms with Crippen LogP contribution in [0.15, 0.2) is 48.5 Å². The molecule has 27 heavy (non-hydrogen) atoms. The number of hydrogen-bond donors (Lipinski definition) is 3. The van der Waals surface area contributed by atoms with Crippen LogP contribution < -0.4 is 20.9 Å². The van der Waals surface area contributed by atoms with Gasteiger partial charge in [-0.2, -0.15) is 0 Å². The second kappa shape index (κ2) is 9.96. The summed E-state index contributed by atoms with van der Waals surface area (Å²) in [7, 11) is 0. The van der Waals surface area contributed by atoms with E-state index in [1.165, 1.54) is 5.56 Å². The van der Waals surface area contributed by atoms with Gasteiger partial charge in [-0.05, 0) is 43.2 Å². The van der Waals surface area contributed by atoms with E-state index in [9.17, 15) is 14.4 Å². The molecule has 0 radical (unpaired) electrons. The van der Waals surface area contributed by atoms with Gasteiger partial charge in [0, 0.05) is 5.56 Å². The number of aryl methyl sites for hydroxylation is 2. The monoisotopic (exact) mass is 369 g/mol. The lowest BCUT2D eigenvalue weighted by Gasteiger charge is -2.10. The third kappa shape index (κ3) is 6.81. The van der Waals surface area contributed by atoms with Crippen LogP contribution in [0, 0.1) is 6.92 Å². The number of benzene rings is 2. The lowest BCUT2D eigenvalue weighted by Crippen LogP contribution is -2.47. The Morgan fingerprint density at radius 1 is 0.889 bits per heavy atom. The predicted octanol–water partition coefficient (Wildman–Crippen LogP) is 1.51. The zero-order valence-electron chi connectivity index (χ0n) is 15.4. The van der Waals surface area contributed by atoms with Gasteiger partial charge in [0.15, 0.2) is 6.61 Å². The van der Waals surface area contributed by atoms with E-state index in [0.29, 0.717) is 11.3 Å². The second-order valence-corrected chi connectivity index (χ2v) is 5.93. The van der Waals surface area contributed by atoms with Gasteiger partial charge in [-0.15, -0.1) is 0 Å². The first-order valence-corrected chi connectivity index (χ1v) is 8.62. The average molecular weight is 369 g/mol. The zero-order valence-corrected chi connectivity index (χ0v) is 15.4. The molecule has 0 bridgehead atoms. The van der Waals surface area contributed by atoms with Crippen LogP contribution >= 0.6 is 0 Å². The van der Waals surface area contributed by atoms with Gasteiger partial charge in [-0.3, -0.25) is 25.2 Å². The standard InChI is InChI=1S/C20H23N3O4/c1-3-15-6-10-17(11-7-15)27-13-19(25)23-22-18(24)12-21-20(26)16-8-4-14(2)5-9-16/h4-11H,3,12-13H2,1-2H3,(H,21,26)(H,22,24)(H,23,25). The van der Waals surface area contributed by atoms with Crippen LogP contribution in [0.25, 0.3) is 0 Å². The Bertz CT molecular complexity index is 786. The number of carbonyl (C=O) groups excluding carboxylic acids is 3. The van der Waals surface area contributed by atoms with E-state index < -0.39 is 11.8 Å². The fraction of sp³-hybridized carbons (Fsp3) is 0.250. The molecule has 0 aliphatic heterocycles. The van der Waals surface area contributed by atoms with E-state index in [0.717, 1.165) is 12.0 Å². The maximum absolute atomic E-state index is 11.9. The molecule has 3 N–H and O–H groups in total. The van der Waals surface area contributed by atoms with Crippen LogP contribution in [0.4, 0.5) is 0 Å². The van der Waals surface area contributed by atoms with Crippen molar-refractivity contribution in [3.8, 4) is 5.75 Å². The smallest absolute Gasteiger partial charge is 0.276 e. The summed E-state index contributed by atoms with van der Waals surface area (Å²) < 4.78 is 5.33. The average Bonchev–Trinajstić information content (AvgIpc) is 2.69. The molecule has 0 aliphatic rings. The van der Waals surface area contributed by atoms with E-state index in [4.69, 9.17) is 4.74 Å². The Balaban J connectivity index is 1.66. The summed E-state index contributed by atoms with van der Waals surface area (Å²) in [5.41, 5.74) is 7.12. The highest BCUT2D eigenvalue weighted by Crippen LogP contribution is 2.12. The molecule has 2 aromatic carbocycles. The third-order valence-electron chi connectivity index (χ3n) is 3.77. The van der Waals surface area contributed by atoms with Crippen molar-refractivity contribution in [2.75, 3.05) is 13.2 Å². The first-order chi connectivity index (χ1) is 13.0. The maximum Gasteiger partial charge on any atom is 0.276 e. The van der Waals surface area contributed by atoms with Crippen LogP contribution in [0.1, 0.15) is 28.4 Å². The summed E-state index contributed by atoms with van der Waals surface area (Å²) in [4.78, 5) is 35.3. The SMILES string of the molecule is CCc1ccc(OCC(=O)NNC(=O)CNC(=O)c2ccc(C)cc2)cc1. The molecular formula is C20H23N3O4. The molecule has 0 aromatic heterocycles. The number of nitrogens with one attached hydrogen (secondary N) is 3. The van der Waals surface area contributed by atoms with Crippen molar-refractivity contribution in [3.63, 3.8) is 0 Å². The van der Waals surface area contributed by atoms with Gasteiger partial charge in [-0.1, -0.05) is 36.8 Å². The summed E-state index contributed by atoms with van der Waals surface area (Å²) in [6.45, 7) is 3.48. The Labute approximate surface area is 158 Å². The molecule has 0 heterocycles. The Kier molecular flexibility index (Phi) is 7.37. The van der Waals surface area contributed by atoms with Crippen molar-refractivity contribution in [2.24, 2.45) is 0 Å². The highest BCUT2D eigenvalue weighted by molar-refractivity contribution is 5.96. The minimum Gasteiger partial charge on any atom is -0.484 e. The molecule has 3 amide bonds. The number of ether oxygens (including phenoxy) is 1. The van der Waals surface area contributed by atoms with Gasteiger partial charge in [0.1, 0.15) is 5.75 Å². The number of carbonyl (C=O) groups is 3. The normalized spacial score (nSPS) is 10.0. The second-order valence-electron chi connectivity index (χ2n) is 5.93. The third-order valence-corrected chi connectivity index (χ3v) is 3.77. The molecule has 7 nitrogen and oxygen atoms in total. The van der Waals surface area contributed by atoms with Crippen LogP contribution in [0.5, 0.6) is 5.75 Å². The summed E-state index contributed by atoms with van der Waals surface area (Å²) in [5, 5.41) is 2.48. The number of hydrazine groups is 1. The summed E-state index contributed by atoms with van der Waals surface area (Å²) in [6.07, 6.45) is 0.924. The maximum atomic E-state index is 11.9. The summed E-state index contributed by atoms with van der Waals surface area (Å²) in [5.74, 6) is -0.849. The molecule has 142 valence electrons. The zero-order chi connectivity index (χ0) is 19.6. The molecule has 0 fully saturated rings. The van der Waals surface area contributed by atoms with E-state index in [2.05, 4.69) is 23.1 Å². The molecular weight excluding hydrogens is 346 g/mol. The lowest BCUT2D eigenvalue weighted by molar-refractivity contribution is -0.129. The van der Waals surface area contributed by atoms with E-state index in [1.807, 2.05) is 31.2 Å². The van der Waals surface area contributed by atoms with Gasteiger partial charge in [0.2, 0.25) is 0 Å². The highest BCUT2D eigenvalue weighted by Gasteiger charge is 2.09. The van der Waals surface area contributed by atoms with E-state index in [-0.39, 0.29) is 19.1 Å². The molecule has 0 saturated heterocycles. The Morgan fingerprint density at radius 3 is 2.15 bits per heavy atom.